The summed E-state index contributed by atoms with van der Waals surface area (Å²) in [7, 11) is 0. The van der Waals surface area contributed by atoms with Gasteiger partial charge in [0, 0.05) is 0 Å². The second kappa shape index (κ2) is 11.7. The predicted molar refractivity (Wildman–Crippen MR) is 104 cm³/mol. The van der Waals surface area contributed by atoms with Crippen LogP contribution in [-0.2, 0) is 16.0 Å². The van der Waals surface area contributed by atoms with Crippen LogP contribution in [0.15, 0.2) is 24.3 Å². The van der Waals surface area contributed by atoms with Crippen molar-refractivity contribution in [2.24, 2.45) is 5.92 Å². The first-order valence-electron chi connectivity index (χ1n) is 9.61. The molecule has 26 heavy (non-hydrogen) atoms. The number of piperidine rings is 1. The van der Waals surface area contributed by atoms with Gasteiger partial charge in [0.05, 0.1) is 0 Å². The minimum absolute atomic E-state index is 0.696. The molecule has 0 aromatic heterocycles. The van der Waals surface area contributed by atoms with E-state index >= 15 is 0 Å². The Hall–Kier alpha value is -1.88. The molecule has 5 nitrogen and oxygen atoms in total. The molecule has 1 unspecified atom stereocenters. The van der Waals surface area contributed by atoms with Crippen molar-refractivity contribution >= 4 is 11.9 Å². The van der Waals surface area contributed by atoms with Crippen molar-refractivity contribution in [2.75, 3.05) is 19.6 Å². The summed E-state index contributed by atoms with van der Waals surface area (Å²) in [6.45, 7) is 10.9. The van der Waals surface area contributed by atoms with E-state index in [1.165, 1.54) is 51.7 Å². The zero-order valence-electron chi connectivity index (χ0n) is 16.3. The lowest BCUT2D eigenvalue weighted by molar-refractivity contribution is -0.159. The largest absolute Gasteiger partial charge is 0.473 e. The Morgan fingerprint density at radius 3 is 2.27 bits per heavy atom. The SMILES string of the molecule is CCC(C)c1ccccc1CCCN1CCC(C)CC1.O=C(O)C(=O)O. The second-order valence-electron chi connectivity index (χ2n) is 7.25. The molecule has 1 aromatic carbocycles. The fourth-order valence-electron chi connectivity index (χ4n) is 3.24. The number of carboxylic acids is 2. The molecular formula is C21H33NO4. The first kappa shape index (κ1) is 22.2. The fourth-order valence-corrected chi connectivity index (χ4v) is 3.24. The van der Waals surface area contributed by atoms with E-state index in [9.17, 15) is 0 Å². The average Bonchev–Trinajstić information content (AvgIpc) is 2.63. The molecule has 1 heterocycles. The molecule has 0 amide bonds. The van der Waals surface area contributed by atoms with Crippen LogP contribution >= 0.6 is 0 Å². The molecule has 0 spiro atoms. The first-order valence-corrected chi connectivity index (χ1v) is 9.61. The summed E-state index contributed by atoms with van der Waals surface area (Å²) in [5, 5.41) is 14.8. The number of hydrogen-bond acceptors (Lipinski definition) is 3. The van der Waals surface area contributed by atoms with Crippen LogP contribution in [0.3, 0.4) is 0 Å². The van der Waals surface area contributed by atoms with Crippen LogP contribution in [0.1, 0.15) is 63.5 Å². The Kier molecular flexibility index (Phi) is 9.96. The topological polar surface area (TPSA) is 77.8 Å². The Labute approximate surface area is 157 Å². The molecule has 0 bridgehead atoms. The van der Waals surface area contributed by atoms with Gasteiger partial charge < -0.3 is 15.1 Å². The van der Waals surface area contributed by atoms with Crippen LogP contribution in [0.4, 0.5) is 0 Å². The standard InChI is InChI=1S/C19H31N.C2H2O4/c1-4-17(3)19-10-6-5-8-18(19)9-7-13-20-14-11-16(2)12-15-20;3-1(4)2(5)6/h5-6,8,10,16-17H,4,7,9,11-15H2,1-3H3;(H,3,4)(H,5,6). The zero-order chi connectivity index (χ0) is 19.5. The summed E-state index contributed by atoms with van der Waals surface area (Å²) in [4.78, 5) is 20.9. The summed E-state index contributed by atoms with van der Waals surface area (Å²) in [5.41, 5.74) is 3.15. The molecule has 1 aromatic rings. The maximum absolute atomic E-state index is 9.10. The van der Waals surface area contributed by atoms with Gasteiger partial charge in [0.25, 0.3) is 0 Å². The number of rotatable bonds is 6. The number of hydrogen-bond donors (Lipinski definition) is 2. The van der Waals surface area contributed by atoms with E-state index in [2.05, 4.69) is 49.9 Å². The highest BCUT2D eigenvalue weighted by Gasteiger charge is 2.15. The summed E-state index contributed by atoms with van der Waals surface area (Å²) in [5.74, 6) is -2.01. The average molecular weight is 363 g/mol. The lowest BCUT2D eigenvalue weighted by atomic mass is 9.91. The van der Waals surface area contributed by atoms with E-state index < -0.39 is 11.9 Å². The van der Waals surface area contributed by atoms with Crippen LogP contribution in [0.25, 0.3) is 0 Å². The Bertz CT molecular complexity index is 553. The number of likely N-dealkylation sites (tertiary alicyclic amines) is 1. The van der Waals surface area contributed by atoms with Gasteiger partial charge in [-0.3, -0.25) is 0 Å². The molecule has 1 saturated heterocycles. The first-order chi connectivity index (χ1) is 12.3. The molecule has 5 heteroatoms. The number of carbonyl (C=O) groups is 2. The summed E-state index contributed by atoms with van der Waals surface area (Å²) < 4.78 is 0. The summed E-state index contributed by atoms with van der Waals surface area (Å²) >= 11 is 0. The molecule has 1 fully saturated rings. The van der Waals surface area contributed by atoms with Gasteiger partial charge in [0.1, 0.15) is 0 Å². The zero-order valence-corrected chi connectivity index (χ0v) is 16.3. The van der Waals surface area contributed by atoms with Gasteiger partial charge in [-0.05, 0) is 74.7 Å². The van der Waals surface area contributed by atoms with Gasteiger partial charge in [0.2, 0.25) is 0 Å². The molecule has 2 rings (SSSR count). The van der Waals surface area contributed by atoms with Gasteiger partial charge in [0.15, 0.2) is 0 Å². The third-order valence-corrected chi connectivity index (χ3v) is 5.18. The van der Waals surface area contributed by atoms with Crippen molar-refractivity contribution in [2.45, 2.75) is 58.8 Å². The second-order valence-corrected chi connectivity index (χ2v) is 7.25. The van der Waals surface area contributed by atoms with E-state index in [1.54, 1.807) is 11.1 Å². The highest BCUT2D eigenvalue weighted by molar-refractivity contribution is 6.27. The van der Waals surface area contributed by atoms with E-state index in [0.29, 0.717) is 5.92 Å². The quantitative estimate of drug-likeness (QED) is 0.747. The maximum atomic E-state index is 9.10. The van der Waals surface area contributed by atoms with Crippen LogP contribution < -0.4 is 0 Å². The van der Waals surface area contributed by atoms with Gasteiger partial charge in [-0.15, -0.1) is 0 Å². The van der Waals surface area contributed by atoms with Crippen molar-refractivity contribution < 1.29 is 19.8 Å². The van der Waals surface area contributed by atoms with E-state index in [-0.39, 0.29) is 0 Å². The Morgan fingerprint density at radius 1 is 1.15 bits per heavy atom. The third-order valence-electron chi connectivity index (χ3n) is 5.18. The summed E-state index contributed by atoms with van der Waals surface area (Å²) in [6.07, 6.45) is 6.57. The van der Waals surface area contributed by atoms with Gasteiger partial charge >= 0.3 is 11.9 Å². The molecule has 0 radical (unpaired) electrons. The number of benzene rings is 1. The van der Waals surface area contributed by atoms with Crippen molar-refractivity contribution in [3.63, 3.8) is 0 Å². The van der Waals surface area contributed by atoms with Crippen LogP contribution in [0.2, 0.25) is 0 Å². The lowest BCUT2D eigenvalue weighted by Gasteiger charge is -2.30. The van der Waals surface area contributed by atoms with E-state index in [0.717, 1.165) is 5.92 Å². The van der Waals surface area contributed by atoms with Crippen molar-refractivity contribution in [3.05, 3.63) is 35.4 Å². The maximum Gasteiger partial charge on any atom is 0.414 e. The highest BCUT2D eigenvalue weighted by Crippen LogP contribution is 2.24. The number of nitrogens with zero attached hydrogens (tertiary/aromatic N) is 1. The Balaban J connectivity index is 0.000000487. The minimum Gasteiger partial charge on any atom is -0.473 e. The molecular weight excluding hydrogens is 330 g/mol. The van der Waals surface area contributed by atoms with Crippen LogP contribution in [0, 0.1) is 5.92 Å². The van der Waals surface area contributed by atoms with Crippen molar-refractivity contribution in [3.8, 4) is 0 Å². The van der Waals surface area contributed by atoms with E-state index in [4.69, 9.17) is 19.8 Å². The van der Waals surface area contributed by atoms with E-state index in [1.807, 2.05) is 0 Å². The molecule has 2 N–H and O–H groups in total. The smallest absolute Gasteiger partial charge is 0.414 e. The Morgan fingerprint density at radius 2 is 1.73 bits per heavy atom. The molecule has 1 aliphatic heterocycles. The number of carboxylic acid groups (broad SMARTS) is 2. The lowest BCUT2D eigenvalue weighted by Crippen LogP contribution is -2.33. The van der Waals surface area contributed by atoms with Crippen LogP contribution in [0.5, 0.6) is 0 Å². The molecule has 0 saturated carbocycles. The van der Waals surface area contributed by atoms with Crippen molar-refractivity contribution in [1.29, 1.82) is 0 Å². The fraction of sp³-hybridized carbons (Fsp3) is 0.619. The number of aryl methyl sites for hydroxylation is 1. The molecule has 146 valence electrons. The summed E-state index contributed by atoms with van der Waals surface area (Å²) in [6, 6.07) is 9.05. The molecule has 1 atom stereocenters. The van der Waals surface area contributed by atoms with Crippen molar-refractivity contribution in [1.82, 2.24) is 4.90 Å². The van der Waals surface area contributed by atoms with Gasteiger partial charge in [-0.1, -0.05) is 45.0 Å². The van der Waals surface area contributed by atoms with Gasteiger partial charge in [-0.2, -0.15) is 0 Å². The van der Waals surface area contributed by atoms with Gasteiger partial charge in [-0.25, -0.2) is 9.59 Å². The predicted octanol–water partition coefficient (Wildman–Crippen LogP) is 4.02. The monoisotopic (exact) mass is 363 g/mol. The normalized spacial score (nSPS) is 16.4. The molecule has 0 aliphatic carbocycles. The minimum atomic E-state index is -1.82. The third kappa shape index (κ3) is 8.00. The number of aliphatic carboxylic acids is 2. The molecule has 1 aliphatic rings. The van der Waals surface area contributed by atoms with Crippen LogP contribution in [-0.4, -0.2) is 46.7 Å². The highest BCUT2D eigenvalue weighted by atomic mass is 16.4.